The summed E-state index contributed by atoms with van der Waals surface area (Å²) in [6.07, 6.45) is -4.21. The van der Waals surface area contributed by atoms with Crippen LogP contribution < -0.4 is 20.7 Å². The van der Waals surface area contributed by atoms with E-state index in [2.05, 4.69) is 21.0 Å². The molecule has 0 aliphatic rings. The Morgan fingerprint density at radius 1 is 1.07 bits per heavy atom. The molecular weight excluding hydrogens is 606 g/mol. The van der Waals surface area contributed by atoms with Crippen LogP contribution in [-0.2, 0) is 10.2 Å². The Kier molecular flexibility index (Phi) is 9.95. The molecule has 0 aliphatic carbocycles. The summed E-state index contributed by atoms with van der Waals surface area (Å²) in [5, 5.41) is 24.0. The standard InChI is InChI=1S/C33H37F4N5O4/c1-20-13-26(40-19-32(45,33(35,36)37)18-31(2,3)25-16-22(34)9-10-28(25)46-5)24-17-41-42(27(24)14-20)23-8-6-7-21(15-23)30(44)39-12-11-29(43)38-4/h6-10,13-17,40,45H,11-12,18-19H2,1-5H3,(H,38,43)(H,39,44). The van der Waals surface area contributed by atoms with Crippen molar-refractivity contribution >= 4 is 28.4 Å². The first-order chi connectivity index (χ1) is 21.6. The van der Waals surface area contributed by atoms with E-state index < -0.39 is 36.0 Å². The SMILES string of the molecule is CNC(=O)CCNC(=O)c1cccc(-n2ncc3c(NCC(O)(CC(C)(C)c4cc(F)ccc4OC)C(F)(F)F)cc(C)cc32)c1. The largest absolute Gasteiger partial charge is 0.496 e. The summed E-state index contributed by atoms with van der Waals surface area (Å²) in [7, 11) is 2.85. The lowest BCUT2D eigenvalue weighted by molar-refractivity contribution is -0.260. The van der Waals surface area contributed by atoms with Crippen molar-refractivity contribution in [3.05, 3.63) is 83.3 Å². The second-order valence-electron chi connectivity index (χ2n) is 11.8. The molecular formula is C33H37F4N5O4. The third kappa shape index (κ3) is 7.41. The van der Waals surface area contributed by atoms with E-state index in [0.29, 0.717) is 33.4 Å². The number of aliphatic hydroxyl groups is 1. The van der Waals surface area contributed by atoms with E-state index in [1.807, 2.05) is 0 Å². The summed E-state index contributed by atoms with van der Waals surface area (Å²) in [4.78, 5) is 24.1. The van der Waals surface area contributed by atoms with E-state index in [9.17, 15) is 32.3 Å². The van der Waals surface area contributed by atoms with E-state index >= 15 is 0 Å². The van der Waals surface area contributed by atoms with Gasteiger partial charge in [0.1, 0.15) is 11.6 Å². The monoisotopic (exact) mass is 643 g/mol. The molecule has 4 N–H and O–H groups in total. The number of aromatic nitrogens is 2. The van der Waals surface area contributed by atoms with Gasteiger partial charge in [0.25, 0.3) is 5.91 Å². The molecule has 0 saturated carbocycles. The molecule has 13 heteroatoms. The van der Waals surface area contributed by atoms with Gasteiger partial charge in [0, 0.05) is 42.2 Å². The molecule has 9 nitrogen and oxygen atoms in total. The highest BCUT2D eigenvalue weighted by Gasteiger charge is 2.56. The Labute approximate surface area is 263 Å². The number of anilines is 1. The van der Waals surface area contributed by atoms with Crippen molar-refractivity contribution < 1.29 is 37.0 Å². The van der Waals surface area contributed by atoms with Gasteiger partial charge in [0.15, 0.2) is 5.60 Å². The molecule has 3 aromatic carbocycles. The zero-order valence-electron chi connectivity index (χ0n) is 26.2. The second-order valence-corrected chi connectivity index (χ2v) is 11.8. The molecule has 2 amide bonds. The van der Waals surface area contributed by atoms with Gasteiger partial charge in [-0.05, 0) is 72.9 Å². The number of nitrogens with one attached hydrogen (secondary N) is 3. The van der Waals surface area contributed by atoms with E-state index in [0.717, 1.165) is 12.1 Å². The predicted molar refractivity (Wildman–Crippen MR) is 167 cm³/mol. The molecule has 1 heterocycles. The van der Waals surface area contributed by atoms with Crippen LogP contribution in [0.1, 0.15) is 48.2 Å². The Hall–Kier alpha value is -4.65. The molecule has 46 heavy (non-hydrogen) atoms. The maximum atomic E-state index is 14.5. The van der Waals surface area contributed by atoms with Crippen LogP contribution in [0.2, 0.25) is 0 Å². The zero-order valence-corrected chi connectivity index (χ0v) is 26.2. The number of methoxy groups -OCH3 is 1. The van der Waals surface area contributed by atoms with Crippen LogP contribution >= 0.6 is 0 Å². The summed E-state index contributed by atoms with van der Waals surface area (Å²) in [6.45, 7) is 4.01. The van der Waals surface area contributed by atoms with Crippen molar-refractivity contribution in [2.24, 2.45) is 0 Å². The number of hydrogen-bond donors (Lipinski definition) is 4. The quantitative estimate of drug-likeness (QED) is 0.153. The fourth-order valence-corrected chi connectivity index (χ4v) is 5.45. The number of alkyl halides is 3. The number of fused-ring (bicyclic) bond motifs is 1. The number of carbonyl (C=O) groups is 2. The molecule has 1 aromatic heterocycles. The van der Waals surface area contributed by atoms with E-state index in [-0.39, 0.29) is 36.1 Å². The number of rotatable bonds is 12. The fourth-order valence-electron chi connectivity index (χ4n) is 5.45. The highest BCUT2D eigenvalue weighted by atomic mass is 19.4. The molecule has 0 spiro atoms. The average molecular weight is 644 g/mol. The molecule has 0 aliphatic heterocycles. The van der Waals surface area contributed by atoms with Crippen molar-refractivity contribution in [2.45, 2.75) is 50.8 Å². The van der Waals surface area contributed by atoms with Gasteiger partial charge < -0.3 is 25.8 Å². The molecule has 246 valence electrons. The molecule has 1 unspecified atom stereocenters. The maximum Gasteiger partial charge on any atom is 0.418 e. The number of halogens is 4. The smallest absolute Gasteiger partial charge is 0.418 e. The van der Waals surface area contributed by atoms with Gasteiger partial charge in [-0.3, -0.25) is 9.59 Å². The number of hydrogen-bond acceptors (Lipinski definition) is 6. The lowest BCUT2D eigenvalue weighted by Gasteiger charge is -2.38. The Morgan fingerprint density at radius 3 is 2.48 bits per heavy atom. The van der Waals surface area contributed by atoms with E-state index in [1.165, 1.54) is 40.3 Å². The van der Waals surface area contributed by atoms with Crippen LogP contribution in [0.15, 0.2) is 60.8 Å². The molecule has 4 aromatic rings. The zero-order chi connectivity index (χ0) is 33.9. The van der Waals surface area contributed by atoms with Crippen molar-refractivity contribution in [1.82, 2.24) is 20.4 Å². The van der Waals surface area contributed by atoms with Crippen molar-refractivity contribution in [3.8, 4) is 11.4 Å². The van der Waals surface area contributed by atoms with Gasteiger partial charge in [-0.2, -0.15) is 18.3 Å². The number of carbonyl (C=O) groups excluding carboxylic acids is 2. The highest BCUT2D eigenvalue weighted by Crippen LogP contribution is 2.44. The van der Waals surface area contributed by atoms with Crippen LogP contribution in [0.4, 0.5) is 23.2 Å². The minimum absolute atomic E-state index is 0.126. The number of nitrogens with zero attached hydrogens (tertiary/aromatic N) is 2. The molecule has 1 atom stereocenters. The summed E-state index contributed by atoms with van der Waals surface area (Å²) in [5.41, 5.74) is -1.92. The van der Waals surface area contributed by atoms with Gasteiger partial charge in [0.2, 0.25) is 5.91 Å². The minimum Gasteiger partial charge on any atom is -0.496 e. The average Bonchev–Trinajstić information content (AvgIpc) is 3.42. The van der Waals surface area contributed by atoms with Crippen molar-refractivity contribution in [2.75, 3.05) is 32.6 Å². The molecule has 0 saturated heterocycles. The number of amides is 2. The predicted octanol–water partition coefficient (Wildman–Crippen LogP) is 5.42. The molecule has 0 fully saturated rings. The second kappa shape index (κ2) is 13.4. The number of benzene rings is 3. The molecule has 0 radical (unpaired) electrons. The lowest BCUT2D eigenvalue weighted by Crippen LogP contribution is -2.53. The first-order valence-electron chi connectivity index (χ1n) is 14.5. The van der Waals surface area contributed by atoms with Gasteiger partial charge in [-0.15, -0.1) is 0 Å². The van der Waals surface area contributed by atoms with Crippen LogP contribution in [-0.4, -0.2) is 65.7 Å². The fraction of sp³-hybridized carbons (Fsp3) is 0.364. The molecule has 4 rings (SSSR count). The third-order valence-corrected chi connectivity index (χ3v) is 7.83. The van der Waals surface area contributed by atoms with Gasteiger partial charge in [-0.1, -0.05) is 19.9 Å². The summed E-state index contributed by atoms with van der Waals surface area (Å²) in [5.74, 6) is -1.02. The Bertz CT molecular complexity index is 1740. The normalized spacial score (nSPS) is 13.3. The first kappa shape index (κ1) is 34.2. The Morgan fingerprint density at radius 2 is 1.80 bits per heavy atom. The van der Waals surface area contributed by atoms with Crippen molar-refractivity contribution in [3.63, 3.8) is 0 Å². The van der Waals surface area contributed by atoms with Crippen LogP contribution in [0.25, 0.3) is 16.6 Å². The summed E-state index contributed by atoms with van der Waals surface area (Å²) < 4.78 is 64.5. The summed E-state index contributed by atoms with van der Waals surface area (Å²) >= 11 is 0. The van der Waals surface area contributed by atoms with E-state index in [1.54, 1.807) is 48.0 Å². The van der Waals surface area contributed by atoms with Gasteiger partial charge in [0.05, 0.1) is 31.1 Å². The van der Waals surface area contributed by atoms with E-state index in [4.69, 9.17) is 4.74 Å². The highest BCUT2D eigenvalue weighted by molar-refractivity contribution is 5.96. The minimum atomic E-state index is -5.04. The lowest BCUT2D eigenvalue weighted by atomic mass is 9.74. The van der Waals surface area contributed by atoms with Crippen molar-refractivity contribution in [1.29, 1.82) is 0 Å². The maximum absolute atomic E-state index is 14.5. The number of ether oxygens (including phenoxy) is 1. The Balaban J connectivity index is 1.62. The topological polar surface area (TPSA) is 118 Å². The van der Waals surface area contributed by atoms with Gasteiger partial charge in [-0.25, -0.2) is 9.07 Å². The van der Waals surface area contributed by atoms with Crippen LogP contribution in [0, 0.1) is 12.7 Å². The molecule has 0 bridgehead atoms. The van der Waals surface area contributed by atoms with Crippen LogP contribution in [0.5, 0.6) is 5.75 Å². The van der Waals surface area contributed by atoms with Gasteiger partial charge >= 0.3 is 6.18 Å². The first-order valence-corrected chi connectivity index (χ1v) is 14.5. The van der Waals surface area contributed by atoms with Crippen LogP contribution in [0.3, 0.4) is 0 Å². The summed E-state index contributed by atoms with van der Waals surface area (Å²) in [6, 6.07) is 13.7. The third-order valence-electron chi connectivity index (χ3n) is 7.83. The number of aryl methyl sites for hydroxylation is 1.